The fourth-order valence-electron chi connectivity index (χ4n) is 9.59. The van der Waals surface area contributed by atoms with Crippen LogP contribution in [0, 0.1) is 46.3 Å². The van der Waals surface area contributed by atoms with Gasteiger partial charge < -0.3 is 20.4 Å². The van der Waals surface area contributed by atoms with E-state index < -0.39 is 39.7 Å². The molecular weight excluding hydrogens is 496 g/mol. The van der Waals surface area contributed by atoms with E-state index >= 15 is 0 Å². The third kappa shape index (κ3) is 5.04. The first-order valence-electron chi connectivity index (χ1n) is 14.4. The van der Waals surface area contributed by atoms with Gasteiger partial charge in [0.2, 0.25) is 0 Å². The molecule has 9 heteroatoms. The summed E-state index contributed by atoms with van der Waals surface area (Å²) in [6.45, 7) is 8.86. The SMILES string of the molecule is COS(=O)(=O)O[C@H]1C[C@H]([C@H](C)CCC[C@H](C)CO)[C@@]2(C)CC[C@H]3[C@@H](C[C@@H](O)[C@@]4(O)C[C@@H](O)CC[C@]34C)[C@H]12. The number of hydrogen-bond donors (Lipinski definition) is 4. The van der Waals surface area contributed by atoms with E-state index in [0.29, 0.717) is 31.6 Å². The highest BCUT2D eigenvalue weighted by molar-refractivity contribution is 7.81. The van der Waals surface area contributed by atoms with Crippen LogP contribution in [-0.4, -0.2) is 66.5 Å². The molecule has 0 heterocycles. The molecule has 0 amide bonds. The Morgan fingerprint density at radius 3 is 2.41 bits per heavy atom. The summed E-state index contributed by atoms with van der Waals surface area (Å²) in [6.07, 6.45) is 5.09. The smallest absolute Gasteiger partial charge is 0.396 e. The van der Waals surface area contributed by atoms with Gasteiger partial charge in [-0.25, -0.2) is 4.18 Å². The highest BCUT2D eigenvalue weighted by Gasteiger charge is 2.69. The molecule has 4 aliphatic carbocycles. The summed E-state index contributed by atoms with van der Waals surface area (Å²) in [7, 11) is -3.02. The molecule has 4 N–H and O–H groups in total. The quantitative estimate of drug-likeness (QED) is 0.346. The van der Waals surface area contributed by atoms with Gasteiger partial charge in [-0.3, -0.25) is 4.18 Å². The van der Waals surface area contributed by atoms with Crippen LogP contribution in [0.15, 0.2) is 0 Å². The summed E-state index contributed by atoms with van der Waals surface area (Å²) in [5.41, 5.74) is -2.05. The number of rotatable bonds is 9. The van der Waals surface area contributed by atoms with E-state index in [1.807, 2.05) is 0 Å². The minimum Gasteiger partial charge on any atom is -0.396 e. The van der Waals surface area contributed by atoms with E-state index in [2.05, 4.69) is 27.7 Å². The first kappa shape index (κ1) is 29.7. The number of hydrogen-bond acceptors (Lipinski definition) is 8. The lowest BCUT2D eigenvalue weighted by Crippen LogP contribution is -2.69. The topological polar surface area (TPSA) is 134 Å². The molecule has 8 nitrogen and oxygen atoms in total. The van der Waals surface area contributed by atoms with Crippen molar-refractivity contribution in [2.75, 3.05) is 13.7 Å². The monoisotopic (exact) mass is 546 g/mol. The molecule has 4 aliphatic rings. The minimum atomic E-state index is -4.14. The Kier molecular flexibility index (Phi) is 8.50. The second-order valence-electron chi connectivity index (χ2n) is 13.6. The molecule has 0 bridgehead atoms. The molecule has 4 saturated carbocycles. The molecule has 0 aliphatic heterocycles. The molecule has 0 unspecified atom stereocenters. The molecule has 4 fully saturated rings. The van der Waals surface area contributed by atoms with Crippen LogP contribution in [0.4, 0.5) is 0 Å². The number of aliphatic hydroxyl groups is 4. The average molecular weight is 547 g/mol. The fraction of sp³-hybridized carbons (Fsp3) is 1.00. The highest BCUT2D eigenvalue weighted by Crippen LogP contribution is 2.69. The van der Waals surface area contributed by atoms with Crippen LogP contribution in [0.1, 0.15) is 91.9 Å². The van der Waals surface area contributed by atoms with Crippen molar-refractivity contribution in [2.45, 2.75) is 116 Å². The first-order chi connectivity index (χ1) is 17.2. The number of fused-ring (bicyclic) bond motifs is 5. The third-order valence-corrected chi connectivity index (χ3v) is 12.6. The maximum absolute atomic E-state index is 12.5. The van der Waals surface area contributed by atoms with E-state index in [1.54, 1.807) is 0 Å². The van der Waals surface area contributed by atoms with Gasteiger partial charge >= 0.3 is 10.4 Å². The highest BCUT2D eigenvalue weighted by atomic mass is 32.3. The van der Waals surface area contributed by atoms with Crippen molar-refractivity contribution in [3.05, 3.63) is 0 Å². The summed E-state index contributed by atoms with van der Waals surface area (Å²) in [6, 6.07) is 0. The van der Waals surface area contributed by atoms with Crippen LogP contribution in [0.25, 0.3) is 0 Å². The van der Waals surface area contributed by atoms with Crippen LogP contribution >= 0.6 is 0 Å². The molecule has 0 radical (unpaired) electrons. The van der Waals surface area contributed by atoms with Gasteiger partial charge in [0.1, 0.15) is 0 Å². The van der Waals surface area contributed by atoms with Gasteiger partial charge in [-0.15, -0.1) is 0 Å². The summed E-state index contributed by atoms with van der Waals surface area (Å²) >= 11 is 0. The molecule has 4 rings (SSSR count). The van der Waals surface area contributed by atoms with Crippen LogP contribution < -0.4 is 0 Å². The van der Waals surface area contributed by atoms with Crippen LogP contribution in [-0.2, 0) is 18.8 Å². The van der Waals surface area contributed by atoms with Crippen LogP contribution in [0.5, 0.6) is 0 Å². The lowest BCUT2D eigenvalue weighted by Gasteiger charge is -2.65. The maximum Gasteiger partial charge on any atom is 0.399 e. The van der Waals surface area contributed by atoms with E-state index in [4.69, 9.17) is 8.37 Å². The van der Waals surface area contributed by atoms with Gasteiger partial charge in [0.25, 0.3) is 0 Å². The molecular formula is C28H50O8S. The van der Waals surface area contributed by atoms with Gasteiger partial charge in [0, 0.05) is 18.4 Å². The molecule has 12 atom stereocenters. The Morgan fingerprint density at radius 1 is 1.05 bits per heavy atom. The zero-order valence-corrected chi connectivity index (χ0v) is 24.1. The van der Waals surface area contributed by atoms with E-state index in [1.165, 1.54) is 0 Å². The van der Waals surface area contributed by atoms with Crippen LogP contribution in [0.2, 0.25) is 0 Å². The van der Waals surface area contributed by atoms with E-state index in [0.717, 1.165) is 39.2 Å². The van der Waals surface area contributed by atoms with Gasteiger partial charge in [-0.05, 0) is 85.9 Å². The van der Waals surface area contributed by atoms with Crippen molar-refractivity contribution >= 4 is 10.4 Å². The lowest BCUT2D eigenvalue weighted by molar-refractivity contribution is -0.267. The molecule has 37 heavy (non-hydrogen) atoms. The Hall–Kier alpha value is -0.290. The Morgan fingerprint density at radius 2 is 1.76 bits per heavy atom. The van der Waals surface area contributed by atoms with Crippen molar-refractivity contribution in [1.82, 2.24) is 0 Å². The van der Waals surface area contributed by atoms with Crippen molar-refractivity contribution < 1.29 is 37.2 Å². The van der Waals surface area contributed by atoms with Gasteiger partial charge in [0.05, 0.1) is 31.0 Å². The molecule has 0 saturated heterocycles. The van der Waals surface area contributed by atoms with Gasteiger partial charge in [0.15, 0.2) is 0 Å². The third-order valence-electron chi connectivity index (χ3n) is 11.7. The van der Waals surface area contributed by atoms with Gasteiger partial charge in [-0.1, -0.05) is 40.5 Å². The van der Waals surface area contributed by atoms with Crippen molar-refractivity contribution in [3.63, 3.8) is 0 Å². The molecule has 0 spiro atoms. The van der Waals surface area contributed by atoms with Crippen LogP contribution in [0.3, 0.4) is 0 Å². The number of aliphatic hydroxyl groups excluding tert-OH is 3. The predicted octanol–water partition coefficient (Wildman–Crippen LogP) is 3.41. The summed E-state index contributed by atoms with van der Waals surface area (Å²) in [5, 5.41) is 42.9. The Labute approximate surface area is 223 Å². The normalized spacial score (nSPS) is 47.5. The van der Waals surface area contributed by atoms with E-state index in [-0.39, 0.29) is 48.0 Å². The largest absolute Gasteiger partial charge is 0.399 e. The lowest BCUT2D eigenvalue weighted by atomic mass is 9.42. The summed E-state index contributed by atoms with van der Waals surface area (Å²) in [5.74, 6) is 0.941. The zero-order valence-electron chi connectivity index (χ0n) is 23.3. The van der Waals surface area contributed by atoms with E-state index in [9.17, 15) is 28.8 Å². The van der Waals surface area contributed by atoms with Crippen molar-refractivity contribution in [3.8, 4) is 0 Å². The standard InChI is InChI=1S/C28H50O8S/c1-17(16-29)7-6-8-18(2)22-14-23(36-37(33,34)35-5)25-20-13-24(31)28(32)15-19(30)9-12-27(28,4)21(20)10-11-26(22,25)3/h17-25,29-32H,6-16H2,1-5H3/t17-,18+,19-,20+,21-,22+,23-,24+,25+,26+,27+,28-/m0/s1. The molecule has 0 aromatic rings. The Balaban J connectivity index is 1.65. The fourth-order valence-corrected chi connectivity index (χ4v) is 10.2. The average Bonchev–Trinajstić information content (AvgIpc) is 3.12. The Bertz CT molecular complexity index is 912. The predicted molar refractivity (Wildman–Crippen MR) is 140 cm³/mol. The minimum absolute atomic E-state index is 0.0120. The first-order valence-corrected chi connectivity index (χ1v) is 15.7. The van der Waals surface area contributed by atoms with Crippen molar-refractivity contribution in [2.24, 2.45) is 46.3 Å². The molecule has 0 aromatic heterocycles. The maximum atomic E-state index is 12.5. The molecule has 216 valence electrons. The summed E-state index contributed by atoms with van der Waals surface area (Å²) in [4.78, 5) is 0. The van der Waals surface area contributed by atoms with Gasteiger partial charge in [-0.2, -0.15) is 8.42 Å². The summed E-state index contributed by atoms with van der Waals surface area (Å²) < 4.78 is 35.5. The second-order valence-corrected chi connectivity index (χ2v) is 14.9. The second kappa shape index (κ2) is 10.6. The van der Waals surface area contributed by atoms with Crippen molar-refractivity contribution in [1.29, 1.82) is 0 Å². The molecule has 0 aromatic carbocycles. The zero-order chi connectivity index (χ0) is 27.4.